The molecule has 1 saturated heterocycles. The van der Waals surface area contributed by atoms with E-state index in [9.17, 15) is 13.2 Å². The summed E-state index contributed by atoms with van der Waals surface area (Å²) in [5, 5.41) is -0.210. The Kier molecular flexibility index (Phi) is 5.83. The van der Waals surface area contributed by atoms with Crippen LogP contribution >= 0.6 is 0 Å². The Labute approximate surface area is 137 Å². The third kappa shape index (κ3) is 4.33. The quantitative estimate of drug-likeness (QED) is 0.726. The molecule has 0 spiro atoms. The second-order valence-electron chi connectivity index (χ2n) is 5.94. The van der Waals surface area contributed by atoms with E-state index in [1.807, 2.05) is 0 Å². The van der Waals surface area contributed by atoms with Crippen molar-refractivity contribution in [2.75, 3.05) is 39.3 Å². The Balaban J connectivity index is 2.04. The number of hydrogen-bond acceptors (Lipinski definition) is 6. The van der Waals surface area contributed by atoms with Gasteiger partial charge in [-0.2, -0.15) is 4.31 Å². The van der Waals surface area contributed by atoms with Crippen molar-refractivity contribution in [2.45, 2.75) is 25.9 Å². The van der Waals surface area contributed by atoms with Crippen molar-refractivity contribution in [1.29, 1.82) is 0 Å². The number of carbonyl (C=O) groups excluding carboxylic acids is 1. The zero-order valence-electron chi connectivity index (χ0n) is 13.8. The minimum atomic E-state index is -3.71. The third-order valence-corrected chi connectivity index (χ3v) is 5.38. The molecule has 0 atom stereocenters. The van der Waals surface area contributed by atoms with Crippen molar-refractivity contribution in [1.82, 2.24) is 9.21 Å². The molecule has 2 rings (SSSR count). The first-order valence-corrected chi connectivity index (χ1v) is 9.28. The highest BCUT2D eigenvalue weighted by molar-refractivity contribution is 7.89. The summed E-state index contributed by atoms with van der Waals surface area (Å²) in [5.41, 5.74) is 0. The van der Waals surface area contributed by atoms with E-state index >= 15 is 0 Å². The van der Waals surface area contributed by atoms with Gasteiger partial charge in [-0.25, -0.2) is 13.2 Å². The normalized spacial score (nSPS) is 17.6. The van der Waals surface area contributed by atoms with E-state index in [1.54, 1.807) is 6.92 Å². The van der Waals surface area contributed by atoms with Gasteiger partial charge >= 0.3 is 5.97 Å². The fourth-order valence-corrected chi connectivity index (χ4v) is 3.90. The maximum absolute atomic E-state index is 12.6. The Morgan fingerprint density at radius 2 is 1.91 bits per heavy atom. The standard InChI is InChI=1S/C15H24N2O5S/c1-4-21-15(18)13-5-6-14(22-13)23(19,20)17-9-7-16(8-10-17)11-12(2)3/h5-6,12H,4,7-11H2,1-3H3. The average molecular weight is 344 g/mol. The van der Waals surface area contributed by atoms with Crippen LogP contribution in [0.5, 0.6) is 0 Å². The molecule has 1 fully saturated rings. The molecule has 1 aromatic rings. The molecule has 2 heterocycles. The lowest BCUT2D eigenvalue weighted by atomic mass is 10.2. The van der Waals surface area contributed by atoms with E-state index in [1.165, 1.54) is 16.4 Å². The zero-order valence-corrected chi connectivity index (χ0v) is 14.6. The lowest BCUT2D eigenvalue weighted by Gasteiger charge is -2.34. The SMILES string of the molecule is CCOC(=O)c1ccc(S(=O)(=O)N2CCN(CC(C)C)CC2)o1. The number of hydrogen-bond donors (Lipinski definition) is 0. The van der Waals surface area contributed by atoms with Gasteiger partial charge in [-0.1, -0.05) is 13.8 Å². The van der Waals surface area contributed by atoms with Crippen LogP contribution in [-0.2, 0) is 14.8 Å². The Morgan fingerprint density at radius 3 is 2.48 bits per heavy atom. The minimum absolute atomic E-state index is 0.0936. The van der Waals surface area contributed by atoms with Gasteiger partial charge in [0.15, 0.2) is 0 Å². The number of sulfonamides is 1. The summed E-state index contributed by atoms with van der Waals surface area (Å²) in [6.45, 7) is 9.36. The van der Waals surface area contributed by atoms with Gasteiger partial charge in [-0.05, 0) is 25.0 Å². The zero-order chi connectivity index (χ0) is 17.0. The summed E-state index contributed by atoms with van der Waals surface area (Å²) in [6.07, 6.45) is 0. The van der Waals surface area contributed by atoms with Crippen LogP contribution in [0.2, 0.25) is 0 Å². The molecule has 0 bridgehead atoms. The number of ether oxygens (including phenoxy) is 1. The van der Waals surface area contributed by atoms with Gasteiger partial charge in [-0.15, -0.1) is 0 Å². The summed E-state index contributed by atoms with van der Waals surface area (Å²) in [7, 11) is -3.71. The third-order valence-electron chi connectivity index (χ3n) is 3.61. The van der Waals surface area contributed by atoms with Gasteiger partial charge in [0.25, 0.3) is 10.0 Å². The molecule has 1 aliphatic rings. The molecule has 0 unspecified atom stereocenters. The maximum Gasteiger partial charge on any atom is 0.374 e. The lowest BCUT2D eigenvalue weighted by Crippen LogP contribution is -2.49. The van der Waals surface area contributed by atoms with Crippen LogP contribution in [0.15, 0.2) is 21.6 Å². The second-order valence-corrected chi connectivity index (χ2v) is 7.81. The van der Waals surface area contributed by atoms with Gasteiger partial charge in [0.1, 0.15) is 0 Å². The van der Waals surface area contributed by atoms with Crippen molar-refractivity contribution in [3.8, 4) is 0 Å². The molecule has 7 nitrogen and oxygen atoms in total. The van der Waals surface area contributed by atoms with Gasteiger partial charge in [0.2, 0.25) is 10.9 Å². The largest absolute Gasteiger partial charge is 0.460 e. The number of furan rings is 1. The number of esters is 1. The highest BCUT2D eigenvalue weighted by Crippen LogP contribution is 2.21. The van der Waals surface area contributed by atoms with Gasteiger partial charge in [0, 0.05) is 32.7 Å². The van der Waals surface area contributed by atoms with Crippen molar-refractivity contribution in [3.05, 3.63) is 17.9 Å². The van der Waals surface area contributed by atoms with Crippen LogP contribution in [0.1, 0.15) is 31.3 Å². The molecule has 0 saturated carbocycles. The highest BCUT2D eigenvalue weighted by Gasteiger charge is 2.31. The highest BCUT2D eigenvalue weighted by atomic mass is 32.2. The molecule has 8 heteroatoms. The van der Waals surface area contributed by atoms with Crippen molar-refractivity contribution >= 4 is 16.0 Å². The van der Waals surface area contributed by atoms with E-state index in [-0.39, 0.29) is 17.5 Å². The molecule has 1 aliphatic heterocycles. The molecule has 0 aliphatic carbocycles. The Hall–Kier alpha value is -1.38. The van der Waals surface area contributed by atoms with Crippen molar-refractivity contribution < 1.29 is 22.4 Å². The number of carbonyl (C=O) groups is 1. The van der Waals surface area contributed by atoms with E-state index in [0.717, 1.165) is 6.54 Å². The first kappa shape index (κ1) is 18.0. The predicted molar refractivity (Wildman–Crippen MR) is 84.7 cm³/mol. The summed E-state index contributed by atoms with van der Waals surface area (Å²) in [6, 6.07) is 2.64. The molecule has 0 N–H and O–H groups in total. The molecule has 0 radical (unpaired) electrons. The summed E-state index contributed by atoms with van der Waals surface area (Å²) >= 11 is 0. The summed E-state index contributed by atoms with van der Waals surface area (Å²) < 4.78 is 36.5. The number of nitrogens with zero attached hydrogens (tertiary/aromatic N) is 2. The van der Waals surface area contributed by atoms with Crippen LogP contribution in [0.4, 0.5) is 0 Å². The van der Waals surface area contributed by atoms with Gasteiger partial charge < -0.3 is 14.1 Å². The van der Waals surface area contributed by atoms with E-state index in [2.05, 4.69) is 18.7 Å². The minimum Gasteiger partial charge on any atom is -0.460 e. The molecule has 130 valence electrons. The number of piperazine rings is 1. The molecule has 1 aromatic heterocycles. The molecule has 0 amide bonds. The molecular formula is C15H24N2O5S. The van der Waals surface area contributed by atoms with Crippen molar-refractivity contribution in [3.63, 3.8) is 0 Å². The van der Waals surface area contributed by atoms with Crippen LogP contribution in [-0.4, -0.2) is 62.9 Å². The smallest absolute Gasteiger partial charge is 0.374 e. The Bertz CT molecular complexity index is 630. The molecular weight excluding hydrogens is 320 g/mol. The number of rotatable bonds is 6. The average Bonchev–Trinajstić information content (AvgIpc) is 2.98. The summed E-state index contributed by atoms with van der Waals surface area (Å²) in [5.74, 6) is -0.199. The predicted octanol–water partition coefficient (Wildman–Crippen LogP) is 1.42. The summed E-state index contributed by atoms with van der Waals surface area (Å²) in [4.78, 5) is 13.8. The van der Waals surface area contributed by atoms with E-state index in [4.69, 9.17) is 9.15 Å². The fourth-order valence-electron chi connectivity index (χ4n) is 2.57. The van der Waals surface area contributed by atoms with E-state index < -0.39 is 16.0 Å². The monoisotopic (exact) mass is 344 g/mol. The van der Waals surface area contributed by atoms with Crippen LogP contribution in [0.25, 0.3) is 0 Å². The van der Waals surface area contributed by atoms with E-state index in [0.29, 0.717) is 32.1 Å². The topological polar surface area (TPSA) is 80.1 Å². The fraction of sp³-hybridized carbons (Fsp3) is 0.667. The van der Waals surface area contributed by atoms with Crippen molar-refractivity contribution in [2.24, 2.45) is 5.92 Å². The first-order valence-electron chi connectivity index (χ1n) is 7.84. The van der Waals surface area contributed by atoms with Crippen LogP contribution in [0.3, 0.4) is 0 Å². The van der Waals surface area contributed by atoms with Gasteiger partial charge in [-0.3, -0.25) is 0 Å². The maximum atomic E-state index is 12.6. The molecule has 0 aromatic carbocycles. The van der Waals surface area contributed by atoms with Crippen LogP contribution < -0.4 is 0 Å². The Morgan fingerprint density at radius 1 is 1.26 bits per heavy atom. The second kappa shape index (κ2) is 7.46. The van der Waals surface area contributed by atoms with Gasteiger partial charge in [0.05, 0.1) is 6.61 Å². The first-order chi connectivity index (χ1) is 10.8. The van der Waals surface area contributed by atoms with Crippen LogP contribution in [0, 0.1) is 5.92 Å². The molecule has 23 heavy (non-hydrogen) atoms. The lowest BCUT2D eigenvalue weighted by molar-refractivity contribution is 0.0483.